The van der Waals surface area contributed by atoms with Crippen molar-refractivity contribution in [1.82, 2.24) is 0 Å². The molecule has 1 saturated heterocycles. The van der Waals surface area contributed by atoms with Crippen LogP contribution in [0, 0.1) is 0 Å². The SMILES string of the molecule is CCOc1ccc2c(S3(OS(=O)(=O)C(F)(F)F)CCCC3)cccc2c1. The second-order valence-electron chi connectivity index (χ2n) is 5.97. The first-order valence-corrected chi connectivity index (χ1v) is 11.5. The van der Waals surface area contributed by atoms with E-state index in [1.165, 1.54) is 0 Å². The van der Waals surface area contributed by atoms with Crippen LogP contribution in [0.3, 0.4) is 0 Å². The first-order chi connectivity index (χ1) is 12.2. The summed E-state index contributed by atoms with van der Waals surface area (Å²) in [5, 5.41) is 1.48. The number of halogens is 3. The first kappa shape index (κ1) is 19.3. The third kappa shape index (κ3) is 3.52. The molecule has 0 N–H and O–H groups in total. The molecule has 0 radical (unpaired) electrons. The Balaban J connectivity index is 2.12. The zero-order valence-electron chi connectivity index (χ0n) is 14.1. The van der Waals surface area contributed by atoms with E-state index in [0.29, 0.717) is 47.0 Å². The fraction of sp³-hybridized carbons (Fsp3) is 0.412. The maximum Gasteiger partial charge on any atom is 0.523 e. The van der Waals surface area contributed by atoms with Crippen LogP contribution in [0.15, 0.2) is 41.3 Å². The van der Waals surface area contributed by atoms with Crippen LogP contribution in [-0.4, -0.2) is 32.0 Å². The van der Waals surface area contributed by atoms with E-state index in [4.69, 9.17) is 8.37 Å². The smallest absolute Gasteiger partial charge is 0.494 e. The summed E-state index contributed by atoms with van der Waals surface area (Å²) in [6.07, 6.45) is 1.27. The maximum absolute atomic E-state index is 12.9. The van der Waals surface area contributed by atoms with Crippen molar-refractivity contribution < 1.29 is 30.0 Å². The van der Waals surface area contributed by atoms with Gasteiger partial charge in [-0.25, -0.2) is 3.63 Å². The Kier molecular flexibility index (Phi) is 5.15. The van der Waals surface area contributed by atoms with E-state index >= 15 is 0 Å². The van der Waals surface area contributed by atoms with Crippen molar-refractivity contribution in [1.29, 1.82) is 0 Å². The van der Waals surface area contributed by atoms with E-state index in [0.717, 1.165) is 5.39 Å². The lowest BCUT2D eigenvalue weighted by atomic mass is 10.1. The number of benzene rings is 2. The van der Waals surface area contributed by atoms with E-state index in [1.807, 2.05) is 13.0 Å². The third-order valence-electron chi connectivity index (χ3n) is 4.23. The predicted octanol–water partition coefficient (Wildman–Crippen LogP) is 4.98. The van der Waals surface area contributed by atoms with Gasteiger partial charge in [-0.1, -0.05) is 22.4 Å². The van der Waals surface area contributed by atoms with Crippen molar-refractivity contribution in [2.75, 3.05) is 18.1 Å². The van der Waals surface area contributed by atoms with Gasteiger partial charge in [0.15, 0.2) is 0 Å². The molecule has 9 heteroatoms. The van der Waals surface area contributed by atoms with Crippen molar-refractivity contribution >= 4 is 31.2 Å². The lowest BCUT2D eigenvalue weighted by Gasteiger charge is -2.35. The van der Waals surface area contributed by atoms with Gasteiger partial charge in [-0.15, -0.1) is 0 Å². The van der Waals surface area contributed by atoms with Crippen LogP contribution in [0.25, 0.3) is 10.8 Å². The van der Waals surface area contributed by atoms with E-state index in [9.17, 15) is 21.6 Å². The minimum absolute atomic E-state index is 0.300. The summed E-state index contributed by atoms with van der Waals surface area (Å²) in [6, 6.07) is 10.5. The second-order valence-corrected chi connectivity index (χ2v) is 10.8. The van der Waals surface area contributed by atoms with Gasteiger partial charge in [-0.3, -0.25) is 0 Å². The van der Waals surface area contributed by atoms with Crippen LogP contribution >= 0.6 is 10.3 Å². The molecule has 0 spiro atoms. The lowest BCUT2D eigenvalue weighted by Crippen LogP contribution is -2.27. The minimum Gasteiger partial charge on any atom is -0.494 e. The highest BCUT2D eigenvalue weighted by Gasteiger charge is 2.52. The molecule has 0 amide bonds. The molecule has 3 rings (SSSR count). The highest BCUT2D eigenvalue weighted by molar-refractivity contribution is 8.33. The van der Waals surface area contributed by atoms with Gasteiger partial charge in [0.25, 0.3) is 0 Å². The fourth-order valence-electron chi connectivity index (χ4n) is 3.12. The summed E-state index contributed by atoms with van der Waals surface area (Å²) in [5.74, 6) is 1.25. The molecule has 1 aliphatic rings. The summed E-state index contributed by atoms with van der Waals surface area (Å²) in [4.78, 5) is 0.545. The van der Waals surface area contributed by atoms with Gasteiger partial charge in [-0.2, -0.15) is 21.6 Å². The van der Waals surface area contributed by atoms with E-state index in [-0.39, 0.29) is 0 Å². The molecule has 2 aromatic carbocycles. The van der Waals surface area contributed by atoms with Crippen molar-refractivity contribution in [2.45, 2.75) is 30.2 Å². The summed E-state index contributed by atoms with van der Waals surface area (Å²) in [7, 11) is -8.24. The largest absolute Gasteiger partial charge is 0.523 e. The van der Waals surface area contributed by atoms with Gasteiger partial charge in [0.2, 0.25) is 0 Å². The highest BCUT2D eigenvalue weighted by Crippen LogP contribution is 2.64. The Hall–Kier alpha value is -1.45. The summed E-state index contributed by atoms with van der Waals surface area (Å²) >= 11 is 0. The van der Waals surface area contributed by atoms with Crippen LogP contribution in [0.4, 0.5) is 13.2 Å². The second kappa shape index (κ2) is 6.94. The van der Waals surface area contributed by atoms with Gasteiger partial charge in [0.05, 0.1) is 6.61 Å². The van der Waals surface area contributed by atoms with Gasteiger partial charge in [0, 0.05) is 16.4 Å². The average molecular weight is 408 g/mol. The first-order valence-electron chi connectivity index (χ1n) is 8.15. The molecule has 4 nitrogen and oxygen atoms in total. The van der Waals surface area contributed by atoms with Gasteiger partial charge in [-0.05, 0) is 54.8 Å². The van der Waals surface area contributed by atoms with Crippen LogP contribution < -0.4 is 4.74 Å². The zero-order valence-corrected chi connectivity index (χ0v) is 15.7. The van der Waals surface area contributed by atoms with Crippen molar-refractivity contribution in [3.05, 3.63) is 36.4 Å². The Morgan fingerprint density at radius 1 is 1.12 bits per heavy atom. The van der Waals surface area contributed by atoms with Crippen molar-refractivity contribution in [3.8, 4) is 5.75 Å². The number of hydrogen-bond acceptors (Lipinski definition) is 4. The van der Waals surface area contributed by atoms with Gasteiger partial charge >= 0.3 is 15.6 Å². The van der Waals surface area contributed by atoms with Crippen LogP contribution in [0.2, 0.25) is 0 Å². The average Bonchev–Trinajstić information content (AvgIpc) is 3.02. The molecule has 1 fully saturated rings. The van der Waals surface area contributed by atoms with Crippen molar-refractivity contribution in [2.24, 2.45) is 0 Å². The molecular weight excluding hydrogens is 389 g/mol. The summed E-state index contributed by atoms with van der Waals surface area (Å²) in [5.41, 5.74) is -5.43. The molecular formula is C17H19F3O4S2. The Bertz CT molecular complexity index is 904. The minimum atomic E-state index is -5.66. The number of rotatable bonds is 5. The molecule has 0 atom stereocenters. The lowest BCUT2D eigenvalue weighted by molar-refractivity contribution is -0.0496. The normalized spacial score (nSPS) is 18.8. The monoisotopic (exact) mass is 408 g/mol. The highest BCUT2D eigenvalue weighted by atomic mass is 32.3. The molecule has 0 unspecified atom stereocenters. The van der Waals surface area contributed by atoms with Crippen LogP contribution in [0.5, 0.6) is 5.75 Å². The molecule has 144 valence electrons. The quantitative estimate of drug-likeness (QED) is 0.655. The predicted molar refractivity (Wildman–Crippen MR) is 96.0 cm³/mol. The Morgan fingerprint density at radius 3 is 2.42 bits per heavy atom. The third-order valence-corrected chi connectivity index (χ3v) is 9.60. The zero-order chi connectivity index (χ0) is 19.0. The fourth-order valence-corrected chi connectivity index (χ4v) is 8.54. The van der Waals surface area contributed by atoms with Gasteiger partial charge < -0.3 is 4.74 Å². The molecule has 0 saturated carbocycles. The molecule has 2 aromatic rings. The summed E-state index contributed by atoms with van der Waals surface area (Å²) in [6.45, 7) is 2.35. The molecule has 26 heavy (non-hydrogen) atoms. The molecule has 0 aromatic heterocycles. The number of hydrogen-bond donors (Lipinski definition) is 0. The van der Waals surface area contributed by atoms with Crippen LogP contribution in [0.1, 0.15) is 19.8 Å². The number of alkyl halides is 3. The topological polar surface area (TPSA) is 52.6 Å². The molecule has 0 bridgehead atoms. The number of fused-ring (bicyclic) bond motifs is 1. The Morgan fingerprint density at radius 2 is 1.81 bits per heavy atom. The molecule has 1 heterocycles. The maximum atomic E-state index is 12.9. The molecule has 1 aliphatic heterocycles. The summed E-state index contributed by atoms with van der Waals surface area (Å²) < 4.78 is 72.5. The van der Waals surface area contributed by atoms with E-state index in [1.54, 1.807) is 30.3 Å². The standard InChI is InChI=1S/C17H19F3O4S2/c1-2-23-14-8-9-15-13(12-14)6-5-7-16(15)25(10-3-4-11-25)24-26(21,22)17(18,19)20/h5-9,12H,2-4,10-11H2,1H3. The number of ether oxygens (including phenoxy) is 1. The van der Waals surface area contributed by atoms with E-state index < -0.39 is 25.9 Å². The van der Waals surface area contributed by atoms with E-state index in [2.05, 4.69) is 0 Å². The van der Waals surface area contributed by atoms with Crippen LogP contribution in [-0.2, 0) is 13.7 Å². The molecule has 0 aliphatic carbocycles. The Labute approximate surface area is 151 Å². The van der Waals surface area contributed by atoms with Gasteiger partial charge in [0.1, 0.15) is 5.75 Å². The van der Waals surface area contributed by atoms with Crippen molar-refractivity contribution in [3.63, 3.8) is 0 Å².